The van der Waals surface area contributed by atoms with Crippen LogP contribution in [0.25, 0.3) is 0 Å². The minimum Gasteiger partial charge on any atom is -0.453 e. The minimum atomic E-state index is -1.72. The summed E-state index contributed by atoms with van der Waals surface area (Å²) in [7, 11) is 0. The van der Waals surface area contributed by atoms with Gasteiger partial charge < -0.3 is 24.9 Å². The Balaban J connectivity index is 2.69. The lowest BCUT2D eigenvalue weighted by Gasteiger charge is -2.22. The summed E-state index contributed by atoms with van der Waals surface area (Å²) in [5.41, 5.74) is 0.240. The van der Waals surface area contributed by atoms with E-state index in [0.29, 0.717) is 0 Å². The predicted molar refractivity (Wildman–Crippen MR) is 60.8 cm³/mol. The van der Waals surface area contributed by atoms with Gasteiger partial charge >= 0.3 is 5.97 Å². The molecule has 0 aliphatic heterocycles. The van der Waals surface area contributed by atoms with E-state index in [0.717, 1.165) is 0 Å². The second kappa shape index (κ2) is 6.85. The van der Waals surface area contributed by atoms with Crippen LogP contribution in [0.2, 0.25) is 0 Å². The number of rotatable bonds is 6. The molecule has 0 heterocycles. The summed E-state index contributed by atoms with van der Waals surface area (Å²) in [6, 6.07) is 7.96. The molecule has 0 aliphatic carbocycles. The molecule has 0 saturated carbocycles. The number of esters is 1. The summed E-state index contributed by atoms with van der Waals surface area (Å²) in [6.45, 7) is -0.704. The zero-order valence-electron chi connectivity index (χ0n) is 9.47. The molecule has 0 bridgehead atoms. The molecule has 0 amide bonds. The number of carbonyl (C=O) groups excluding carboxylic acids is 2. The Morgan fingerprint density at radius 2 is 1.89 bits per heavy atom. The number of hydrogen-bond donors (Lipinski definition) is 3. The number of aldehydes is 1. The van der Waals surface area contributed by atoms with Gasteiger partial charge in [0.25, 0.3) is 0 Å². The number of carbonyl (C=O) groups is 2. The van der Waals surface area contributed by atoms with Gasteiger partial charge in [-0.3, -0.25) is 0 Å². The van der Waals surface area contributed by atoms with Crippen LogP contribution in [0.1, 0.15) is 10.4 Å². The third-order valence-electron chi connectivity index (χ3n) is 2.32. The van der Waals surface area contributed by atoms with E-state index in [-0.39, 0.29) is 11.8 Å². The molecule has 0 saturated heterocycles. The van der Waals surface area contributed by atoms with E-state index in [2.05, 4.69) is 0 Å². The van der Waals surface area contributed by atoms with Gasteiger partial charge in [-0.2, -0.15) is 0 Å². The van der Waals surface area contributed by atoms with Crippen molar-refractivity contribution in [3.8, 4) is 0 Å². The normalized spacial score (nSPS) is 15.5. The maximum atomic E-state index is 11.6. The first-order chi connectivity index (χ1) is 8.60. The zero-order valence-corrected chi connectivity index (χ0v) is 9.47. The van der Waals surface area contributed by atoms with Crippen molar-refractivity contribution in [2.24, 2.45) is 0 Å². The van der Waals surface area contributed by atoms with Gasteiger partial charge in [-0.1, -0.05) is 18.2 Å². The van der Waals surface area contributed by atoms with Gasteiger partial charge in [-0.25, -0.2) is 4.79 Å². The largest absolute Gasteiger partial charge is 0.453 e. The highest BCUT2D eigenvalue weighted by Gasteiger charge is 2.29. The quantitative estimate of drug-likeness (QED) is 0.450. The van der Waals surface area contributed by atoms with Gasteiger partial charge in [0, 0.05) is 0 Å². The predicted octanol–water partition coefficient (Wildman–Crippen LogP) is -0.875. The lowest BCUT2D eigenvalue weighted by atomic mass is 10.1. The molecule has 1 aromatic rings. The highest BCUT2D eigenvalue weighted by Crippen LogP contribution is 2.08. The van der Waals surface area contributed by atoms with E-state index in [1.165, 1.54) is 12.1 Å². The van der Waals surface area contributed by atoms with E-state index in [1.807, 2.05) is 0 Å². The molecule has 1 rings (SSSR count). The van der Waals surface area contributed by atoms with Crippen LogP contribution in [0.15, 0.2) is 30.3 Å². The number of aliphatic hydroxyl groups excluding tert-OH is 3. The van der Waals surface area contributed by atoms with E-state index in [1.54, 1.807) is 18.2 Å². The van der Waals surface area contributed by atoms with E-state index < -0.39 is 30.9 Å². The van der Waals surface area contributed by atoms with Crippen molar-refractivity contribution in [1.29, 1.82) is 0 Å². The highest BCUT2D eigenvalue weighted by molar-refractivity contribution is 5.89. The first kappa shape index (κ1) is 14.3. The topological polar surface area (TPSA) is 104 Å². The van der Waals surface area contributed by atoms with Crippen molar-refractivity contribution < 1.29 is 29.6 Å². The van der Waals surface area contributed by atoms with Crippen molar-refractivity contribution in [3.05, 3.63) is 35.9 Å². The maximum Gasteiger partial charge on any atom is 0.338 e. The fraction of sp³-hybridized carbons (Fsp3) is 0.333. The number of ether oxygens (including phenoxy) is 1. The van der Waals surface area contributed by atoms with E-state index >= 15 is 0 Å². The summed E-state index contributed by atoms with van der Waals surface area (Å²) in [5.74, 6) is -0.758. The Kier molecular flexibility index (Phi) is 5.44. The van der Waals surface area contributed by atoms with Gasteiger partial charge in [-0.15, -0.1) is 0 Å². The second-order valence-electron chi connectivity index (χ2n) is 3.61. The summed E-state index contributed by atoms with van der Waals surface area (Å²) in [6.07, 6.45) is -4.65. The van der Waals surface area contributed by atoms with Crippen LogP contribution in [-0.2, 0) is 9.53 Å². The Morgan fingerprint density at radius 1 is 1.28 bits per heavy atom. The number of benzene rings is 1. The molecule has 1 aromatic carbocycles. The SMILES string of the molecule is O=C[C@H](O)[C@@H](O)[C@@H](CO)OC(=O)c1ccccc1. The summed E-state index contributed by atoms with van der Waals surface area (Å²) < 4.78 is 4.81. The molecule has 6 nitrogen and oxygen atoms in total. The van der Waals surface area contributed by atoms with Gasteiger partial charge in [-0.05, 0) is 12.1 Å². The van der Waals surface area contributed by atoms with Crippen LogP contribution in [0.3, 0.4) is 0 Å². The van der Waals surface area contributed by atoms with Gasteiger partial charge in [0.2, 0.25) is 0 Å². The molecule has 3 N–H and O–H groups in total. The zero-order chi connectivity index (χ0) is 13.5. The Labute approximate surface area is 103 Å². The molecule has 18 heavy (non-hydrogen) atoms. The second-order valence-corrected chi connectivity index (χ2v) is 3.61. The number of aliphatic hydroxyl groups is 3. The van der Waals surface area contributed by atoms with Crippen molar-refractivity contribution in [1.82, 2.24) is 0 Å². The third kappa shape index (κ3) is 3.63. The molecule has 0 spiro atoms. The smallest absolute Gasteiger partial charge is 0.338 e. The molecule has 6 heteroatoms. The lowest BCUT2D eigenvalue weighted by Crippen LogP contribution is -2.43. The lowest BCUT2D eigenvalue weighted by molar-refractivity contribution is -0.128. The van der Waals surface area contributed by atoms with Crippen LogP contribution in [0.4, 0.5) is 0 Å². The maximum absolute atomic E-state index is 11.6. The molecule has 98 valence electrons. The van der Waals surface area contributed by atoms with Gasteiger partial charge in [0.15, 0.2) is 12.4 Å². The molecular formula is C12H14O6. The number of hydrogen-bond acceptors (Lipinski definition) is 6. The van der Waals surface area contributed by atoms with E-state index in [9.17, 15) is 14.7 Å². The first-order valence-electron chi connectivity index (χ1n) is 5.28. The molecule has 3 atom stereocenters. The van der Waals surface area contributed by atoms with Crippen molar-refractivity contribution in [2.75, 3.05) is 6.61 Å². The Morgan fingerprint density at radius 3 is 2.39 bits per heavy atom. The van der Waals surface area contributed by atoms with Crippen LogP contribution < -0.4 is 0 Å². The Bertz CT molecular complexity index is 391. The van der Waals surface area contributed by atoms with Crippen LogP contribution in [0.5, 0.6) is 0 Å². The highest BCUT2D eigenvalue weighted by atomic mass is 16.6. The van der Waals surface area contributed by atoms with Crippen LogP contribution >= 0.6 is 0 Å². The monoisotopic (exact) mass is 254 g/mol. The van der Waals surface area contributed by atoms with Crippen LogP contribution in [-0.4, -0.2) is 52.5 Å². The standard InChI is InChI=1S/C12H14O6/c13-6-9(15)11(16)10(7-14)18-12(17)8-4-2-1-3-5-8/h1-6,9-11,14-16H,7H2/t9-,10+,11+/m0/s1. The molecule has 0 aliphatic rings. The average molecular weight is 254 g/mol. The van der Waals surface area contributed by atoms with Gasteiger partial charge in [0.1, 0.15) is 12.2 Å². The fourth-order valence-corrected chi connectivity index (χ4v) is 1.30. The third-order valence-corrected chi connectivity index (χ3v) is 2.32. The molecular weight excluding hydrogens is 240 g/mol. The first-order valence-corrected chi connectivity index (χ1v) is 5.28. The molecule has 0 aromatic heterocycles. The summed E-state index contributed by atoms with van der Waals surface area (Å²) in [5, 5.41) is 27.5. The molecule has 0 unspecified atom stereocenters. The van der Waals surface area contributed by atoms with Crippen molar-refractivity contribution in [3.63, 3.8) is 0 Å². The van der Waals surface area contributed by atoms with Crippen molar-refractivity contribution in [2.45, 2.75) is 18.3 Å². The summed E-state index contributed by atoms with van der Waals surface area (Å²) in [4.78, 5) is 21.9. The van der Waals surface area contributed by atoms with E-state index in [4.69, 9.17) is 14.9 Å². The molecule has 0 radical (unpaired) electrons. The fourth-order valence-electron chi connectivity index (χ4n) is 1.30. The Hall–Kier alpha value is -1.76. The van der Waals surface area contributed by atoms with Crippen LogP contribution in [0, 0.1) is 0 Å². The van der Waals surface area contributed by atoms with Gasteiger partial charge in [0.05, 0.1) is 12.2 Å². The van der Waals surface area contributed by atoms with Crippen molar-refractivity contribution >= 4 is 12.3 Å². The summed E-state index contributed by atoms with van der Waals surface area (Å²) >= 11 is 0. The average Bonchev–Trinajstić information content (AvgIpc) is 2.43. The minimum absolute atomic E-state index is 0.101. The molecule has 0 fully saturated rings.